The van der Waals surface area contributed by atoms with E-state index in [9.17, 15) is 14.0 Å². The molecule has 114 valence electrons. The van der Waals surface area contributed by atoms with E-state index in [2.05, 4.69) is 5.32 Å². The standard InChI is InChI=1S/C16H15FN2O3/c17-13-7-3-1-5-11(13)9-19-16(21)12-6-2-4-8-14(12)22-10-15(18)20/h1-8H,9-10H2,(H2,18,20)(H,19,21). The van der Waals surface area contributed by atoms with Crippen molar-refractivity contribution >= 4 is 11.8 Å². The molecule has 0 spiro atoms. The van der Waals surface area contributed by atoms with Crippen LogP contribution in [0.4, 0.5) is 4.39 Å². The molecule has 0 aliphatic rings. The van der Waals surface area contributed by atoms with E-state index in [1.54, 1.807) is 42.5 Å². The SMILES string of the molecule is NC(=O)COc1ccccc1C(=O)NCc1ccccc1F. The molecule has 0 heterocycles. The summed E-state index contributed by atoms with van der Waals surface area (Å²) >= 11 is 0. The Morgan fingerprint density at radius 1 is 1.09 bits per heavy atom. The Balaban J connectivity index is 2.06. The topological polar surface area (TPSA) is 81.4 Å². The number of halogens is 1. The number of primary amides is 1. The van der Waals surface area contributed by atoms with Gasteiger partial charge in [-0.1, -0.05) is 30.3 Å². The van der Waals surface area contributed by atoms with Crippen molar-refractivity contribution in [2.75, 3.05) is 6.61 Å². The number of benzene rings is 2. The van der Waals surface area contributed by atoms with Gasteiger partial charge >= 0.3 is 0 Å². The van der Waals surface area contributed by atoms with Crippen LogP contribution in [0.25, 0.3) is 0 Å². The third kappa shape index (κ3) is 4.05. The molecular formula is C16H15FN2O3. The van der Waals surface area contributed by atoms with Crippen LogP contribution in [0.2, 0.25) is 0 Å². The van der Waals surface area contributed by atoms with E-state index in [0.717, 1.165) is 0 Å². The van der Waals surface area contributed by atoms with E-state index in [0.29, 0.717) is 5.56 Å². The molecule has 0 saturated heterocycles. The number of nitrogens with one attached hydrogen (secondary N) is 1. The van der Waals surface area contributed by atoms with Crippen molar-refractivity contribution in [2.24, 2.45) is 5.73 Å². The van der Waals surface area contributed by atoms with Gasteiger partial charge in [-0.25, -0.2) is 4.39 Å². The molecule has 0 aliphatic carbocycles. The van der Waals surface area contributed by atoms with Gasteiger partial charge in [0.25, 0.3) is 11.8 Å². The molecule has 2 amide bonds. The second-order valence-electron chi connectivity index (χ2n) is 4.53. The van der Waals surface area contributed by atoms with Gasteiger partial charge in [0.2, 0.25) is 0 Å². The summed E-state index contributed by atoms with van der Waals surface area (Å²) in [5, 5.41) is 2.61. The number of hydrogen-bond donors (Lipinski definition) is 2. The lowest BCUT2D eigenvalue weighted by molar-refractivity contribution is -0.119. The Morgan fingerprint density at radius 2 is 1.77 bits per heavy atom. The van der Waals surface area contributed by atoms with Crippen LogP contribution in [0.15, 0.2) is 48.5 Å². The fourth-order valence-electron chi connectivity index (χ4n) is 1.84. The first-order chi connectivity index (χ1) is 10.6. The zero-order valence-corrected chi connectivity index (χ0v) is 11.7. The molecule has 0 aromatic heterocycles. The molecule has 0 radical (unpaired) electrons. The minimum atomic E-state index is -0.637. The van der Waals surface area contributed by atoms with Crippen molar-refractivity contribution in [3.63, 3.8) is 0 Å². The van der Waals surface area contributed by atoms with Crippen LogP contribution in [0.5, 0.6) is 5.75 Å². The van der Waals surface area contributed by atoms with E-state index >= 15 is 0 Å². The maximum Gasteiger partial charge on any atom is 0.255 e. The lowest BCUT2D eigenvalue weighted by Gasteiger charge is -2.11. The number of nitrogens with two attached hydrogens (primary N) is 1. The van der Waals surface area contributed by atoms with Gasteiger partial charge in [0.1, 0.15) is 11.6 Å². The summed E-state index contributed by atoms with van der Waals surface area (Å²) in [7, 11) is 0. The zero-order chi connectivity index (χ0) is 15.9. The Hall–Kier alpha value is -2.89. The minimum Gasteiger partial charge on any atom is -0.483 e. The smallest absolute Gasteiger partial charge is 0.255 e. The van der Waals surface area contributed by atoms with Crippen LogP contribution >= 0.6 is 0 Å². The fourth-order valence-corrected chi connectivity index (χ4v) is 1.84. The summed E-state index contributed by atoms with van der Waals surface area (Å²) in [6.45, 7) is -0.271. The second kappa shape index (κ2) is 7.21. The lowest BCUT2D eigenvalue weighted by atomic mass is 10.1. The zero-order valence-electron chi connectivity index (χ0n) is 11.7. The van der Waals surface area contributed by atoms with E-state index in [1.807, 2.05) is 0 Å². The highest BCUT2D eigenvalue weighted by Gasteiger charge is 2.13. The predicted molar refractivity (Wildman–Crippen MR) is 78.7 cm³/mol. The Labute approximate surface area is 126 Å². The highest BCUT2D eigenvalue weighted by Crippen LogP contribution is 2.18. The van der Waals surface area contributed by atoms with Gasteiger partial charge in [-0.3, -0.25) is 9.59 Å². The highest BCUT2D eigenvalue weighted by molar-refractivity contribution is 5.97. The molecular weight excluding hydrogens is 287 g/mol. The molecule has 3 N–H and O–H groups in total. The van der Waals surface area contributed by atoms with E-state index in [4.69, 9.17) is 10.5 Å². The second-order valence-corrected chi connectivity index (χ2v) is 4.53. The molecule has 0 atom stereocenters. The van der Waals surface area contributed by atoms with E-state index in [-0.39, 0.29) is 30.3 Å². The summed E-state index contributed by atoms with van der Waals surface area (Å²) in [5.74, 6) is -1.21. The monoisotopic (exact) mass is 302 g/mol. The van der Waals surface area contributed by atoms with Crippen LogP contribution in [-0.2, 0) is 11.3 Å². The van der Waals surface area contributed by atoms with Crippen molar-refractivity contribution in [1.82, 2.24) is 5.32 Å². The summed E-state index contributed by atoms with van der Waals surface area (Å²) in [6, 6.07) is 12.6. The van der Waals surface area contributed by atoms with Crippen LogP contribution in [0.1, 0.15) is 15.9 Å². The molecule has 2 rings (SSSR count). The van der Waals surface area contributed by atoms with Gasteiger partial charge in [-0.15, -0.1) is 0 Å². The summed E-state index contributed by atoms with van der Waals surface area (Å²) in [4.78, 5) is 22.9. The average Bonchev–Trinajstić information content (AvgIpc) is 2.52. The number of para-hydroxylation sites is 1. The van der Waals surface area contributed by atoms with Crippen molar-refractivity contribution in [3.05, 3.63) is 65.5 Å². The Bertz CT molecular complexity index is 689. The maximum atomic E-state index is 13.5. The van der Waals surface area contributed by atoms with Crippen LogP contribution < -0.4 is 15.8 Å². The van der Waals surface area contributed by atoms with Gasteiger partial charge in [0, 0.05) is 12.1 Å². The Kier molecular flexibility index (Phi) is 5.08. The molecule has 5 nitrogen and oxygen atoms in total. The fraction of sp³-hybridized carbons (Fsp3) is 0.125. The van der Waals surface area contributed by atoms with Crippen LogP contribution in [0.3, 0.4) is 0 Å². The number of amides is 2. The molecule has 22 heavy (non-hydrogen) atoms. The highest BCUT2D eigenvalue weighted by atomic mass is 19.1. The van der Waals surface area contributed by atoms with Gasteiger partial charge in [0.15, 0.2) is 6.61 Å². The third-order valence-electron chi connectivity index (χ3n) is 2.90. The molecule has 0 aliphatic heterocycles. The number of carbonyl (C=O) groups excluding carboxylic acids is 2. The van der Waals surface area contributed by atoms with Crippen molar-refractivity contribution < 1.29 is 18.7 Å². The minimum absolute atomic E-state index is 0.0513. The normalized spacial score (nSPS) is 10.0. The van der Waals surface area contributed by atoms with Crippen LogP contribution in [0, 0.1) is 5.82 Å². The molecule has 0 bridgehead atoms. The van der Waals surface area contributed by atoms with Crippen molar-refractivity contribution in [1.29, 1.82) is 0 Å². The van der Waals surface area contributed by atoms with Gasteiger partial charge in [-0.2, -0.15) is 0 Å². The van der Waals surface area contributed by atoms with E-state index in [1.165, 1.54) is 6.07 Å². The quantitative estimate of drug-likeness (QED) is 0.850. The molecule has 2 aromatic rings. The Morgan fingerprint density at radius 3 is 2.50 bits per heavy atom. The molecule has 0 unspecified atom stereocenters. The average molecular weight is 302 g/mol. The first-order valence-electron chi connectivity index (χ1n) is 6.59. The lowest BCUT2D eigenvalue weighted by Crippen LogP contribution is -2.25. The first kappa shape index (κ1) is 15.5. The summed E-state index contributed by atoms with van der Waals surface area (Å²) in [6.07, 6.45) is 0. The first-order valence-corrected chi connectivity index (χ1v) is 6.59. The number of hydrogen-bond acceptors (Lipinski definition) is 3. The predicted octanol–water partition coefficient (Wildman–Crippen LogP) is 1.62. The van der Waals surface area contributed by atoms with Crippen molar-refractivity contribution in [3.8, 4) is 5.75 Å². The number of ether oxygens (including phenoxy) is 1. The number of rotatable bonds is 6. The molecule has 0 fully saturated rings. The van der Waals surface area contributed by atoms with Gasteiger partial charge in [-0.05, 0) is 18.2 Å². The summed E-state index contributed by atoms with van der Waals surface area (Å²) in [5.41, 5.74) is 5.64. The third-order valence-corrected chi connectivity index (χ3v) is 2.90. The van der Waals surface area contributed by atoms with Crippen molar-refractivity contribution in [2.45, 2.75) is 6.54 Å². The maximum absolute atomic E-state index is 13.5. The van der Waals surface area contributed by atoms with Crippen LogP contribution in [-0.4, -0.2) is 18.4 Å². The summed E-state index contributed by atoms with van der Waals surface area (Å²) < 4.78 is 18.7. The largest absolute Gasteiger partial charge is 0.483 e. The van der Waals surface area contributed by atoms with Gasteiger partial charge in [0.05, 0.1) is 5.56 Å². The molecule has 0 saturated carbocycles. The number of carbonyl (C=O) groups is 2. The van der Waals surface area contributed by atoms with E-state index < -0.39 is 11.8 Å². The molecule has 6 heteroatoms. The molecule has 2 aromatic carbocycles. The van der Waals surface area contributed by atoms with Gasteiger partial charge < -0.3 is 15.8 Å².